The maximum atomic E-state index is 12.4. The minimum atomic E-state index is -0.475. The number of hydrogen-bond donors (Lipinski definition) is 2. The Morgan fingerprint density at radius 2 is 1.89 bits per heavy atom. The topological polar surface area (TPSA) is 95.1 Å². The Labute approximate surface area is 162 Å². The van der Waals surface area contributed by atoms with Crippen molar-refractivity contribution in [3.63, 3.8) is 0 Å². The molecule has 2 aliphatic heterocycles. The number of nitrogens with one attached hydrogen (secondary N) is 2. The van der Waals surface area contributed by atoms with E-state index in [1.54, 1.807) is 12.1 Å². The number of quaternary nitrogens is 1. The summed E-state index contributed by atoms with van der Waals surface area (Å²) in [6.45, 7) is 3.19. The first-order valence-electron chi connectivity index (χ1n) is 9.38. The Kier molecular flexibility index (Phi) is 5.12. The molecule has 2 aromatic carbocycles. The van der Waals surface area contributed by atoms with Gasteiger partial charge in [0, 0.05) is 36.2 Å². The fourth-order valence-electron chi connectivity index (χ4n) is 3.64. The van der Waals surface area contributed by atoms with Crippen LogP contribution in [0.15, 0.2) is 36.4 Å². The molecule has 4 rings (SSSR count). The van der Waals surface area contributed by atoms with Crippen LogP contribution in [0.5, 0.6) is 11.5 Å². The van der Waals surface area contributed by atoms with E-state index in [0.29, 0.717) is 25.4 Å². The summed E-state index contributed by atoms with van der Waals surface area (Å²) < 4.78 is 11.5. The van der Waals surface area contributed by atoms with Crippen LogP contribution >= 0.6 is 0 Å². The van der Waals surface area contributed by atoms with Crippen molar-refractivity contribution in [1.29, 1.82) is 0 Å². The van der Waals surface area contributed by atoms with E-state index in [0.717, 1.165) is 42.3 Å². The SMILES string of the molecule is O=C(C[NH+]1CCc2cc3c(cc2C1)OCCCO3)Nc1cccc([N+](=O)[O-])c1. The van der Waals surface area contributed by atoms with Gasteiger partial charge < -0.3 is 19.7 Å². The lowest BCUT2D eigenvalue weighted by atomic mass is 9.99. The van der Waals surface area contributed by atoms with Crippen LogP contribution in [0.25, 0.3) is 0 Å². The number of nitro benzene ring substituents is 1. The molecule has 8 heteroatoms. The van der Waals surface area contributed by atoms with Gasteiger partial charge in [-0.1, -0.05) is 6.07 Å². The highest BCUT2D eigenvalue weighted by molar-refractivity contribution is 5.91. The molecule has 0 aliphatic carbocycles. The summed E-state index contributed by atoms with van der Waals surface area (Å²) in [7, 11) is 0. The largest absolute Gasteiger partial charge is 0.490 e. The van der Waals surface area contributed by atoms with Gasteiger partial charge in [-0.3, -0.25) is 14.9 Å². The second-order valence-corrected chi connectivity index (χ2v) is 7.08. The molecule has 1 unspecified atom stereocenters. The highest BCUT2D eigenvalue weighted by Crippen LogP contribution is 2.33. The van der Waals surface area contributed by atoms with Crippen molar-refractivity contribution in [2.24, 2.45) is 0 Å². The number of rotatable bonds is 4. The number of amides is 1. The number of anilines is 1. The molecule has 0 bridgehead atoms. The van der Waals surface area contributed by atoms with Gasteiger partial charge in [0.15, 0.2) is 18.0 Å². The zero-order valence-electron chi connectivity index (χ0n) is 15.4. The summed E-state index contributed by atoms with van der Waals surface area (Å²) in [5.74, 6) is 1.43. The molecule has 0 aromatic heterocycles. The van der Waals surface area contributed by atoms with Crippen LogP contribution in [0.3, 0.4) is 0 Å². The molecule has 1 amide bonds. The molecule has 0 radical (unpaired) electrons. The van der Waals surface area contributed by atoms with E-state index in [1.165, 1.54) is 23.3 Å². The Hall–Kier alpha value is -3.13. The van der Waals surface area contributed by atoms with E-state index in [-0.39, 0.29) is 11.6 Å². The third kappa shape index (κ3) is 4.07. The first kappa shape index (κ1) is 18.2. The molecule has 1 atom stereocenters. The van der Waals surface area contributed by atoms with E-state index < -0.39 is 4.92 Å². The Morgan fingerprint density at radius 3 is 2.64 bits per heavy atom. The van der Waals surface area contributed by atoms with Crippen LogP contribution in [-0.2, 0) is 17.8 Å². The average molecular weight is 384 g/mol. The second kappa shape index (κ2) is 7.85. The molecule has 0 saturated heterocycles. The molecule has 0 fully saturated rings. The zero-order chi connectivity index (χ0) is 19.5. The summed E-state index contributed by atoms with van der Waals surface area (Å²) in [5, 5.41) is 13.6. The predicted molar refractivity (Wildman–Crippen MR) is 102 cm³/mol. The third-order valence-corrected chi connectivity index (χ3v) is 5.01. The van der Waals surface area contributed by atoms with Crippen LogP contribution < -0.4 is 19.7 Å². The Balaban J connectivity index is 1.40. The quantitative estimate of drug-likeness (QED) is 0.613. The lowest BCUT2D eigenvalue weighted by Crippen LogP contribution is -3.12. The molecule has 2 heterocycles. The summed E-state index contributed by atoms with van der Waals surface area (Å²) in [5.41, 5.74) is 2.81. The van der Waals surface area contributed by atoms with Crippen molar-refractivity contribution >= 4 is 17.3 Å². The molecule has 146 valence electrons. The molecule has 2 aliphatic rings. The lowest BCUT2D eigenvalue weighted by Gasteiger charge is -2.26. The van der Waals surface area contributed by atoms with Gasteiger partial charge in [0.1, 0.15) is 6.54 Å². The van der Waals surface area contributed by atoms with Crippen molar-refractivity contribution in [3.05, 3.63) is 57.6 Å². The highest BCUT2D eigenvalue weighted by atomic mass is 16.6. The smallest absolute Gasteiger partial charge is 0.279 e. The molecule has 2 N–H and O–H groups in total. The first-order valence-corrected chi connectivity index (χ1v) is 9.38. The van der Waals surface area contributed by atoms with E-state index >= 15 is 0 Å². The van der Waals surface area contributed by atoms with E-state index in [9.17, 15) is 14.9 Å². The number of non-ortho nitro benzene ring substituents is 1. The summed E-state index contributed by atoms with van der Waals surface area (Å²) in [6, 6.07) is 10.1. The van der Waals surface area contributed by atoms with Gasteiger partial charge in [-0.05, 0) is 23.8 Å². The van der Waals surface area contributed by atoms with E-state index in [1.807, 2.05) is 6.07 Å². The van der Waals surface area contributed by atoms with Crippen molar-refractivity contribution in [1.82, 2.24) is 0 Å². The van der Waals surface area contributed by atoms with Crippen LogP contribution in [0.4, 0.5) is 11.4 Å². The third-order valence-electron chi connectivity index (χ3n) is 5.01. The van der Waals surface area contributed by atoms with Crippen LogP contribution in [0.1, 0.15) is 17.5 Å². The Bertz CT molecular complexity index is 915. The number of hydrogen-bond acceptors (Lipinski definition) is 5. The van der Waals surface area contributed by atoms with Crippen molar-refractivity contribution in [3.8, 4) is 11.5 Å². The summed E-state index contributed by atoms with van der Waals surface area (Å²) in [6.07, 6.45) is 1.74. The minimum Gasteiger partial charge on any atom is -0.490 e. The van der Waals surface area contributed by atoms with Crippen molar-refractivity contribution < 1.29 is 24.1 Å². The first-order chi connectivity index (χ1) is 13.6. The molecule has 8 nitrogen and oxygen atoms in total. The summed E-state index contributed by atoms with van der Waals surface area (Å²) >= 11 is 0. The standard InChI is InChI=1S/C20H21N3O5/c24-20(21-16-3-1-4-17(11-16)23(25)26)13-22-6-5-14-9-18-19(10-15(14)12-22)28-8-2-7-27-18/h1,3-4,9-11H,2,5-8,12-13H2,(H,21,24)/p+1. The number of nitro groups is 1. The zero-order valence-corrected chi connectivity index (χ0v) is 15.4. The highest BCUT2D eigenvalue weighted by Gasteiger charge is 2.25. The predicted octanol–water partition coefficient (Wildman–Crippen LogP) is 1.34. The van der Waals surface area contributed by atoms with Crippen molar-refractivity contribution in [2.45, 2.75) is 19.4 Å². The number of fused-ring (bicyclic) bond motifs is 2. The van der Waals surface area contributed by atoms with Gasteiger partial charge in [0.2, 0.25) is 0 Å². The van der Waals surface area contributed by atoms with Gasteiger partial charge in [0.25, 0.3) is 11.6 Å². The molecule has 28 heavy (non-hydrogen) atoms. The van der Waals surface area contributed by atoms with Gasteiger partial charge in [0.05, 0.1) is 24.7 Å². The fraction of sp³-hybridized carbons (Fsp3) is 0.350. The number of carbonyl (C=O) groups is 1. The number of ether oxygens (including phenoxy) is 2. The second-order valence-electron chi connectivity index (χ2n) is 7.08. The van der Waals surface area contributed by atoms with Crippen LogP contribution in [-0.4, -0.2) is 37.1 Å². The molecular formula is C20H22N3O5+. The molecule has 0 saturated carbocycles. The van der Waals surface area contributed by atoms with Crippen LogP contribution in [0.2, 0.25) is 0 Å². The summed E-state index contributed by atoms with van der Waals surface area (Å²) in [4.78, 5) is 23.9. The fourth-order valence-corrected chi connectivity index (χ4v) is 3.64. The van der Waals surface area contributed by atoms with E-state index in [2.05, 4.69) is 11.4 Å². The maximum Gasteiger partial charge on any atom is 0.279 e. The monoisotopic (exact) mass is 384 g/mol. The van der Waals surface area contributed by atoms with Crippen LogP contribution in [0, 0.1) is 10.1 Å². The lowest BCUT2D eigenvalue weighted by molar-refractivity contribution is -0.907. The van der Waals surface area contributed by atoms with Gasteiger partial charge in [-0.15, -0.1) is 0 Å². The molecule has 2 aromatic rings. The van der Waals surface area contributed by atoms with Gasteiger partial charge >= 0.3 is 0 Å². The molecule has 0 spiro atoms. The Morgan fingerprint density at radius 1 is 1.14 bits per heavy atom. The number of benzene rings is 2. The van der Waals surface area contributed by atoms with E-state index in [4.69, 9.17) is 9.47 Å². The number of carbonyl (C=O) groups excluding carboxylic acids is 1. The number of nitrogens with zero attached hydrogens (tertiary/aromatic N) is 1. The maximum absolute atomic E-state index is 12.4. The normalized spacial score (nSPS) is 17.9. The van der Waals surface area contributed by atoms with Gasteiger partial charge in [-0.25, -0.2) is 0 Å². The molecular weight excluding hydrogens is 362 g/mol. The van der Waals surface area contributed by atoms with Gasteiger partial charge in [-0.2, -0.15) is 0 Å². The average Bonchev–Trinajstić information content (AvgIpc) is 2.91. The minimum absolute atomic E-state index is 0.0417. The van der Waals surface area contributed by atoms with Crippen molar-refractivity contribution in [2.75, 3.05) is 31.6 Å².